The number of hydrogen-bond acceptors (Lipinski definition) is 0. The van der Waals surface area contributed by atoms with E-state index >= 15 is 0 Å². The molecule has 0 amide bonds. The van der Waals surface area contributed by atoms with Gasteiger partial charge in [0.2, 0.25) is 0 Å². The summed E-state index contributed by atoms with van der Waals surface area (Å²) in [4.78, 5) is 0. The Morgan fingerprint density at radius 1 is 1.50 bits per heavy atom. The SMILES string of the molecule is C=CCC1=CC2C=C[PH](CCCCC)=C2C1. The van der Waals surface area contributed by atoms with Crippen LogP contribution in [0.3, 0.4) is 0 Å². The van der Waals surface area contributed by atoms with Crippen molar-refractivity contribution in [2.45, 2.75) is 39.0 Å². The molecular weight excluding hydrogens is 211 g/mol. The lowest BCUT2D eigenvalue weighted by Crippen LogP contribution is -1.99. The van der Waals surface area contributed by atoms with Crippen LogP contribution in [-0.2, 0) is 0 Å². The maximum Gasteiger partial charge on any atom is 0.0171 e. The highest BCUT2D eigenvalue weighted by atomic mass is 31.1. The van der Waals surface area contributed by atoms with Crippen LogP contribution in [0.4, 0.5) is 0 Å². The molecule has 0 radical (unpaired) electrons. The van der Waals surface area contributed by atoms with Crippen molar-refractivity contribution in [1.82, 2.24) is 0 Å². The quantitative estimate of drug-likeness (QED) is 0.357. The molecule has 0 nitrogen and oxygen atoms in total. The van der Waals surface area contributed by atoms with Gasteiger partial charge >= 0.3 is 0 Å². The highest BCUT2D eigenvalue weighted by Gasteiger charge is 2.23. The van der Waals surface area contributed by atoms with E-state index in [1.807, 2.05) is 11.4 Å². The first kappa shape index (κ1) is 12.0. The van der Waals surface area contributed by atoms with Gasteiger partial charge in [-0.15, -0.1) is 6.58 Å². The molecule has 2 aliphatic rings. The lowest BCUT2D eigenvalue weighted by Gasteiger charge is -2.07. The minimum absolute atomic E-state index is 0.261. The van der Waals surface area contributed by atoms with Gasteiger partial charge in [0, 0.05) is 5.92 Å². The van der Waals surface area contributed by atoms with Crippen molar-refractivity contribution in [3.63, 3.8) is 0 Å². The smallest absolute Gasteiger partial charge is 0.0171 e. The molecule has 0 aromatic heterocycles. The monoisotopic (exact) mass is 234 g/mol. The minimum Gasteiger partial charge on any atom is -0.103 e. The van der Waals surface area contributed by atoms with E-state index in [1.54, 1.807) is 5.57 Å². The third kappa shape index (κ3) is 2.61. The molecule has 0 bridgehead atoms. The standard InChI is InChI=1S/C15H23P/c1-3-5-6-9-16-10-8-14-11-13(7-4-2)12-15(14)16/h4,8,10-11,14,16H,2-3,5-7,9,12H2,1H3. The summed E-state index contributed by atoms with van der Waals surface area (Å²) in [7, 11) is -0.261. The van der Waals surface area contributed by atoms with Crippen LogP contribution in [0.2, 0.25) is 0 Å². The first-order valence-electron chi connectivity index (χ1n) is 6.55. The van der Waals surface area contributed by atoms with Crippen LogP contribution >= 0.6 is 7.55 Å². The molecule has 2 rings (SSSR count). The van der Waals surface area contributed by atoms with Crippen LogP contribution in [0.5, 0.6) is 0 Å². The molecule has 0 saturated carbocycles. The molecule has 0 fully saturated rings. The van der Waals surface area contributed by atoms with Crippen molar-refractivity contribution in [1.29, 1.82) is 0 Å². The maximum atomic E-state index is 3.84. The third-order valence-electron chi connectivity index (χ3n) is 3.61. The summed E-state index contributed by atoms with van der Waals surface area (Å²) in [6.45, 7) is 6.13. The van der Waals surface area contributed by atoms with Crippen molar-refractivity contribution < 1.29 is 0 Å². The summed E-state index contributed by atoms with van der Waals surface area (Å²) in [5.41, 5.74) is 1.61. The average molecular weight is 234 g/mol. The van der Waals surface area contributed by atoms with E-state index in [1.165, 1.54) is 31.8 Å². The predicted octanol–water partition coefficient (Wildman–Crippen LogP) is 4.61. The van der Waals surface area contributed by atoms with Gasteiger partial charge < -0.3 is 0 Å². The maximum absolute atomic E-state index is 3.84. The Hall–Kier alpha value is -0.480. The topological polar surface area (TPSA) is 0 Å². The van der Waals surface area contributed by atoms with Crippen molar-refractivity contribution in [2.75, 3.05) is 6.16 Å². The third-order valence-corrected chi connectivity index (χ3v) is 6.43. The molecule has 0 N–H and O–H groups in total. The summed E-state index contributed by atoms with van der Waals surface area (Å²) >= 11 is 0. The Morgan fingerprint density at radius 2 is 2.38 bits per heavy atom. The lowest BCUT2D eigenvalue weighted by atomic mass is 10.1. The van der Waals surface area contributed by atoms with Gasteiger partial charge in [-0.3, -0.25) is 0 Å². The van der Waals surface area contributed by atoms with Gasteiger partial charge in [-0.1, -0.05) is 62.2 Å². The highest BCUT2D eigenvalue weighted by Crippen LogP contribution is 2.44. The molecule has 0 saturated heterocycles. The second kappa shape index (κ2) is 5.73. The predicted molar refractivity (Wildman–Crippen MR) is 77.9 cm³/mol. The van der Waals surface area contributed by atoms with Gasteiger partial charge in [-0.05, 0) is 25.4 Å². The zero-order chi connectivity index (χ0) is 11.4. The molecule has 0 aromatic carbocycles. The second-order valence-corrected chi connectivity index (χ2v) is 7.41. The van der Waals surface area contributed by atoms with E-state index in [4.69, 9.17) is 0 Å². The first-order valence-corrected chi connectivity index (χ1v) is 8.34. The Morgan fingerprint density at radius 3 is 3.12 bits per heavy atom. The molecule has 1 aliphatic carbocycles. The van der Waals surface area contributed by atoms with Crippen LogP contribution in [0, 0.1) is 5.92 Å². The van der Waals surface area contributed by atoms with Crippen LogP contribution in [0.1, 0.15) is 39.0 Å². The molecule has 1 heterocycles. The normalized spacial score (nSPS) is 27.1. The minimum atomic E-state index is -0.261. The molecular formula is C15H23P. The fraction of sp³-hybridized carbons (Fsp3) is 0.533. The van der Waals surface area contributed by atoms with Gasteiger partial charge in [0.25, 0.3) is 0 Å². The van der Waals surface area contributed by atoms with Crippen molar-refractivity contribution >= 4 is 12.8 Å². The Kier molecular flexibility index (Phi) is 4.29. The van der Waals surface area contributed by atoms with E-state index in [0.29, 0.717) is 5.92 Å². The van der Waals surface area contributed by atoms with Crippen LogP contribution in [-0.4, -0.2) is 11.5 Å². The van der Waals surface area contributed by atoms with E-state index in [2.05, 4.69) is 31.5 Å². The molecule has 1 aliphatic heterocycles. The molecule has 1 heteroatoms. The number of unbranched alkanes of at least 4 members (excludes halogenated alkanes) is 2. The lowest BCUT2D eigenvalue weighted by molar-refractivity contribution is 0.777. The van der Waals surface area contributed by atoms with Gasteiger partial charge in [0.1, 0.15) is 0 Å². The highest BCUT2D eigenvalue weighted by molar-refractivity contribution is 7.62. The van der Waals surface area contributed by atoms with E-state index in [0.717, 1.165) is 6.42 Å². The van der Waals surface area contributed by atoms with Gasteiger partial charge in [-0.25, -0.2) is 0 Å². The zero-order valence-corrected chi connectivity index (χ0v) is 11.3. The molecule has 2 atom stereocenters. The summed E-state index contributed by atoms with van der Waals surface area (Å²) in [6.07, 6.45) is 15.0. The number of rotatable bonds is 6. The fourth-order valence-corrected chi connectivity index (χ4v) is 5.57. The molecule has 0 aromatic rings. The Bertz CT molecular complexity index is 358. The van der Waals surface area contributed by atoms with Crippen molar-refractivity contribution in [3.05, 3.63) is 36.2 Å². The first-order chi connectivity index (χ1) is 7.85. The molecule has 2 unspecified atom stereocenters. The summed E-state index contributed by atoms with van der Waals surface area (Å²) in [5.74, 6) is 3.26. The van der Waals surface area contributed by atoms with E-state index in [9.17, 15) is 0 Å². The van der Waals surface area contributed by atoms with Crippen LogP contribution in [0.25, 0.3) is 0 Å². The second-order valence-electron chi connectivity index (χ2n) is 4.89. The molecule has 0 spiro atoms. The number of allylic oxidation sites excluding steroid dienone is 4. The van der Waals surface area contributed by atoms with Gasteiger partial charge in [-0.2, -0.15) is 0 Å². The van der Waals surface area contributed by atoms with E-state index in [-0.39, 0.29) is 7.55 Å². The van der Waals surface area contributed by atoms with Crippen molar-refractivity contribution in [2.24, 2.45) is 5.92 Å². The summed E-state index contributed by atoms with van der Waals surface area (Å²) < 4.78 is 0. The Balaban J connectivity index is 1.96. The van der Waals surface area contributed by atoms with Gasteiger partial charge in [0.05, 0.1) is 0 Å². The Labute approximate surface area is 101 Å². The van der Waals surface area contributed by atoms with Crippen LogP contribution in [0.15, 0.2) is 36.2 Å². The average Bonchev–Trinajstić information content (AvgIpc) is 2.80. The van der Waals surface area contributed by atoms with Crippen molar-refractivity contribution in [3.8, 4) is 0 Å². The number of hydrogen-bond donors (Lipinski definition) is 0. The van der Waals surface area contributed by atoms with E-state index < -0.39 is 0 Å². The summed E-state index contributed by atoms with van der Waals surface area (Å²) in [5, 5.41) is 1.86. The largest absolute Gasteiger partial charge is 0.103 e. The number of fused-ring (bicyclic) bond motifs is 1. The van der Waals surface area contributed by atoms with Crippen LogP contribution < -0.4 is 0 Å². The van der Waals surface area contributed by atoms with Gasteiger partial charge in [0.15, 0.2) is 0 Å². The summed E-state index contributed by atoms with van der Waals surface area (Å²) in [6, 6.07) is 0. The molecule has 16 heavy (non-hydrogen) atoms. The zero-order valence-electron chi connectivity index (χ0n) is 10.3. The fourth-order valence-electron chi connectivity index (χ4n) is 2.74. The molecule has 88 valence electrons.